The number of hydrogen-bond donors (Lipinski definition) is 2. The summed E-state index contributed by atoms with van der Waals surface area (Å²) >= 11 is 1.71. The number of imidazole rings is 1. The van der Waals surface area contributed by atoms with E-state index in [0.29, 0.717) is 19.0 Å². The topological polar surface area (TPSA) is 103 Å². The van der Waals surface area contributed by atoms with Crippen LogP contribution in [0.15, 0.2) is 53.7 Å². The van der Waals surface area contributed by atoms with Crippen molar-refractivity contribution in [1.82, 2.24) is 30.2 Å². The summed E-state index contributed by atoms with van der Waals surface area (Å²) in [6.45, 7) is 4.84. The van der Waals surface area contributed by atoms with Gasteiger partial charge in [-0.25, -0.2) is 9.67 Å². The number of ether oxygens (including phenoxy) is 2. The maximum atomic E-state index is 5.98. The fraction of sp³-hybridized carbons (Fsp3) is 0.364. The minimum atomic E-state index is -0.594. The average molecular weight is 452 g/mol. The van der Waals surface area contributed by atoms with E-state index in [0.717, 1.165) is 22.3 Å². The Morgan fingerprint density at radius 2 is 2.09 bits per heavy atom. The van der Waals surface area contributed by atoms with Crippen LogP contribution in [0.5, 0.6) is 0 Å². The summed E-state index contributed by atoms with van der Waals surface area (Å²) in [4.78, 5) is 8.66. The molecule has 0 amide bonds. The van der Waals surface area contributed by atoms with Gasteiger partial charge in [0, 0.05) is 10.6 Å². The molecule has 2 unspecified atom stereocenters. The highest BCUT2D eigenvalue weighted by Crippen LogP contribution is 2.29. The van der Waals surface area contributed by atoms with Gasteiger partial charge in [0.05, 0.1) is 30.5 Å². The molecule has 2 aromatic heterocycles. The second kappa shape index (κ2) is 8.53. The number of aromatic amines is 1. The molecule has 2 atom stereocenters. The van der Waals surface area contributed by atoms with Crippen LogP contribution in [-0.2, 0) is 16.0 Å². The summed E-state index contributed by atoms with van der Waals surface area (Å²) in [5.41, 5.74) is 3.89. The van der Waals surface area contributed by atoms with E-state index in [9.17, 15) is 0 Å². The van der Waals surface area contributed by atoms with Gasteiger partial charge in [-0.3, -0.25) is 0 Å². The van der Waals surface area contributed by atoms with E-state index in [4.69, 9.17) is 9.47 Å². The van der Waals surface area contributed by atoms with Crippen molar-refractivity contribution in [2.45, 2.75) is 43.2 Å². The highest BCUT2D eigenvalue weighted by molar-refractivity contribution is 7.98. The standard InChI is InChI=1S/C22H25N7O2S/c1-22(2)30-12-16(31-22)11-29-21(26-27-28-29)20(14-4-7-17(32-3)8-5-14)25-15-6-9-18-19(10-15)24-13-23-18/h4-10,13,16,20,25H,11-12H2,1-3H3,(H,23,24). The van der Waals surface area contributed by atoms with Gasteiger partial charge in [0.1, 0.15) is 12.1 Å². The summed E-state index contributed by atoms with van der Waals surface area (Å²) in [5, 5.41) is 16.2. The number of benzene rings is 2. The third kappa shape index (κ3) is 4.34. The van der Waals surface area contributed by atoms with Crippen LogP contribution in [0.3, 0.4) is 0 Å². The molecule has 10 heteroatoms. The Hall–Kier alpha value is -2.95. The molecule has 2 aromatic carbocycles. The minimum Gasteiger partial charge on any atom is -0.371 e. The molecule has 4 aromatic rings. The van der Waals surface area contributed by atoms with Gasteiger partial charge < -0.3 is 19.8 Å². The first-order chi connectivity index (χ1) is 15.5. The molecule has 0 bridgehead atoms. The summed E-state index contributed by atoms with van der Waals surface area (Å²) in [6, 6.07) is 14.2. The maximum Gasteiger partial charge on any atom is 0.178 e. The van der Waals surface area contributed by atoms with Crippen molar-refractivity contribution in [3.05, 3.63) is 60.2 Å². The molecule has 32 heavy (non-hydrogen) atoms. The van der Waals surface area contributed by atoms with Gasteiger partial charge in [0.15, 0.2) is 11.6 Å². The van der Waals surface area contributed by atoms with Crippen LogP contribution in [0.2, 0.25) is 0 Å². The highest BCUT2D eigenvalue weighted by atomic mass is 32.2. The molecule has 3 heterocycles. The van der Waals surface area contributed by atoms with Crippen LogP contribution < -0.4 is 5.32 Å². The zero-order valence-corrected chi connectivity index (χ0v) is 19.0. The quantitative estimate of drug-likeness (QED) is 0.411. The summed E-state index contributed by atoms with van der Waals surface area (Å²) < 4.78 is 13.5. The van der Waals surface area contributed by atoms with Gasteiger partial charge in [0.25, 0.3) is 0 Å². The second-order valence-corrected chi connectivity index (χ2v) is 9.03. The van der Waals surface area contributed by atoms with E-state index < -0.39 is 5.79 Å². The van der Waals surface area contributed by atoms with Crippen LogP contribution >= 0.6 is 11.8 Å². The Morgan fingerprint density at radius 3 is 2.84 bits per heavy atom. The summed E-state index contributed by atoms with van der Waals surface area (Å²) in [6.07, 6.45) is 3.64. The molecule has 1 fully saturated rings. The third-order valence-electron chi connectivity index (χ3n) is 5.44. The van der Waals surface area contributed by atoms with Crippen molar-refractivity contribution in [3.8, 4) is 0 Å². The van der Waals surface area contributed by atoms with E-state index in [1.54, 1.807) is 22.8 Å². The second-order valence-electron chi connectivity index (χ2n) is 8.15. The Kier molecular flexibility index (Phi) is 5.58. The number of nitrogens with zero attached hydrogens (tertiary/aromatic N) is 5. The predicted molar refractivity (Wildman–Crippen MR) is 123 cm³/mol. The van der Waals surface area contributed by atoms with Crippen molar-refractivity contribution in [3.63, 3.8) is 0 Å². The molecule has 9 nitrogen and oxygen atoms in total. The number of anilines is 1. The van der Waals surface area contributed by atoms with Gasteiger partial charge in [-0.2, -0.15) is 0 Å². The van der Waals surface area contributed by atoms with Gasteiger partial charge in [-0.1, -0.05) is 12.1 Å². The normalized spacial score (nSPS) is 18.8. The minimum absolute atomic E-state index is 0.117. The molecule has 1 aliphatic rings. The number of thioether (sulfide) groups is 1. The van der Waals surface area contributed by atoms with Gasteiger partial charge in [-0.15, -0.1) is 16.9 Å². The molecule has 0 saturated carbocycles. The fourth-order valence-electron chi connectivity index (χ4n) is 3.88. The number of rotatable bonds is 7. The molecule has 5 rings (SSSR count). The van der Waals surface area contributed by atoms with Crippen LogP contribution in [-0.4, -0.2) is 54.9 Å². The lowest BCUT2D eigenvalue weighted by atomic mass is 10.1. The van der Waals surface area contributed by atoms with E-state index in [1.165, 1.54) is 4.90 Å². The number of hydrogen-bond acceptors (Lipinski definition) is 8. The Bertz CT molecular complexity index is 1200. The van der Waals surface area contributed by atoms with Crippen molar-refractivity contribution in [2.75, 3.05) is 18.2 Å². The predicted octanol–water partition coefficient (Wildman–Crippen LogP) is 3.62. The Labute approximate surface area is 189 Å². The smallest absolute Gasteiger partial charge is 0.178 e. The SMILES string of the molecule is CSc1ccc(C(Nc2ccc3nc[nH]c3c2)c2nnnn2CC2COC(C)(C)O2)cc1. The van der Waals surface area contributed by atoms with Crippen LogP contribution in [0.1, 0.15) is 31.3 Å². The number of aromatic nitrogens is 6. The monoisotopic (exact) mass is 451 g/mol. The Morgan fingerprint density at radius 1 is 1.25 bits per heavy atom. The molecule has 0 radical (unpaired) electrons. The average Bonchev–Trinajstić information content (AvgIpc) is 3.52. The first-order valence-corrected chi connectivity index (χ1v) is 11.6. The van der Waals surface area contributed by atoms with Gasteiger partial charge in [0.2, 0.25) is 0 Å². The lowest BCUT2D eigenvalue weighted by molar-refractivity contribution is -0.140. The number of tetrazole rings is 1. The van der Waals surface area contributed by atoms with E-state index in [2.05, 4.69) is 61.3 Å². The highest BCUT2D eigenvalue weighted by Gasteiger charge is 2.34. The number of nitrogens with one attached hydrogen (secondary N) is 2. The van der Waals surface area contributed by atoms with Crippen LogP contribution in [0.25, 0.3) is 11.0 Å². The lowest BCUT2D eigenvalue weighted by Crippen LogP contribution is -2.27. The molecule has 0 spiro atoms. The van der Waals surface area contributed by atoms with Crippen molar-refractivity contribution in [2.24, 2.45) is 0 Å². The van der Waals surface area contributed by atoms with Crippen molar-refractivity contribution >= 4 is 28.5 Å². The molecule has 1 saturated heterocycles. The molecule has 166 valence electrons. The number of H-pyrrole nitrogens is 1. The zero-order valence-electron chi connectivity index (χ0n) is 18.1. The van der Waals surface area contributed by atoms with Gasteiger partial charge >= 0.3 is 0 Å². The lowest BCUT2D eigenvalue weighted by Gasteiger charge is -2.21. The van der Waals surface area contributed by atoms with Crippen molar-refractivity contribution in [1.29, 1.82) is 0 Å². The largest absolute Gasteiger partial charge is 0.371 e. The van der Waals surface area contributed by atoms with E-state index in [-0.39, 0.29) is 12.1 Å². The summed E-state index contributed by atoms with van der Waals surface area (Å²) in [5.74, 6) is 0.115. The first kappa shape index (κ1) is 20.9. The van der Waals surface area contributed by atoms with Gasteiger partial charge in [-0.05, 0) is 66.4 Å². The zero-order chi connectivity index (χ0) is 22.1. The van der Waals surface area contributed by atoms with Crippen LogP contribution in [0, 0.1) is 0 Å². The number of fused-ring (bicyclic) bond motifs is 1. The fourth-order valence-corrected chi connectivity index (χ4v) is 4.29. The molecule has 2 N–H and O–H groups in total. The third-order valence-corrected chi connectivity index (χ3v) is 6.19. The first-order valence-electron chi connectivity index (χ1n) is 10.4. The molecule has 1 aliphatic heterocycles. The van der Waals surface area contributed by atoms with E-state index in [1.807, 2.05) is 32.0 Å². The van der Waals surface area contributed by atoms with E-state index >= 15 is 0 Å². The van der Waals surface area contributed by atoms with Crippen LogP contribution in [0.4, 0.5) is 5.69 Å². The maximum absolute atomic E-state index is 5.98. The molecular formula is C22H25N7O2S. The Balaban J connectivity index is 1.47. The van der Waals surface area contributed by atoms with Crippen molar-refractivity contribution < 1.29 is 9.47 Å². The summed E-state index contributed by atoms with van der Waals surface area (Å²) in [7, 11) is 0. The molecule has 0 aliphatic carbocycles. The molecular weight excluding hydrogens is 426 g/mol.